The Balaban J connectivity index is 2.57. The zero-order valence-corrected chi connectivity index (χ0v) is 19.9. The van der Waals surface area contributed by atoms with Gasteiger partial charge in [0.1, 0.15) is 34.3 Å². The molecule has 0 radical (unpaired) electrons. The number of ether oxygens (including phenoxy) is 2. The Morgan fingerprint density at radius 2 is 1.67 bits per heavy atom. The standard InChI is InChI=1S/C24H23F5N2O5/c1-6-35-22(33)13(21(32)12-7-16(27)20(29)11(2)19(12)28)10-30-17-9-18(15(26)8-14(17)25)31-23(34)36-24(3,4)5/h7-10,32H,6H2,1-5H3,(H,31,34). The van der Waals surface area contributed by atoms with E-state index in [1.54, 1.807) is 20.8 Å². The summed E-state index contributed by atoms with van der Waals surface area (Å²) in [7, 11) is 0. The first-order valence-electron chi connectivity index (χ1n) is 10.4. The Kier molecular flexibility index (Phi) is 8.79. The molecule has 2 aromatic carbocycles. The van der Waals surface area contributed by atoms with Crippen molar-refractivity contribution in [3.05, 3.63) is 64.0 Å². The maximum Gasteiger partial charge on any atom is 0.412 e. The lowest BCUT2D eigenvalue weighted by atomic mass is 10.0. The van der Waals surface area contributed by atoms with E-state index in [1.165, 1.54) is 6.92 Å². The highest BCUT2D eigenvalue weighted by Crippen LogP contribution is 2.28. The minimum absolute atomic E-state index is 0.197. The van der Waals surface area contributed by atoms with Gasteiger partial charge in [-0.15, -0.1) is 0 Å². The smallest absolute Gasteiger partial charge is 0.412 e. The van der Waals surface area contributed by atoms with E-state index in [0.29, 0.717) is 18.3 Å². The monoisotopic (exact) mass is 514 g/mol. The summed E-state index contributed by atoms with van der Waals surface area (Å²) in [5.41, 5.74) is -4.53. The molecule has 0 aliphatic heterocycles. The topological polar surface area (TPSA) is 97.2 Å². The lowest BCUT2D eigenvalue weighted by Gasteiger charge is -2.19. The van der Waals surface area contributed by atoms with E-state index in [-0.39, 0.29) is 6.61 Å². The van der Waals surface area contributed by atoms with Gasteiger partial charge in [0.25, 0.3) is 0 Å². The fraction of sp³-hybridized carbons (Fsp3) is 0.292. The number of benzene rings is 2. The third-order valence-electron chi connectivity index (χ3n) is 4.39. The Hall–Kier alpha value is -3.96. The van der Waals surface area contributed by atoms with Crippen LogP contribution in [0.5, 0.6) is 0 Å². The van der Waals surface area contributed by atoms with Crippen LogP contribution in [0.15, 0.2) is 28.8 Å². The van der Waals surface area contributed by atoms with Crippen LogP contribution in [0.3, 0.4) is 0 Å². The van der Waals surface area contributed by atoms with Crippen molar-refractivity contribution in [2.75, 3.05) is 11.9 Å². The Labute approximate surface area is 203 Å². The van der Waals surface area contributed by atoms with Gasteiger partial charge in [-0.1, -0.05) is 0 Å². The number of nitrogens with zero attached hydrogens (tertiary/aromatic N) is 1. The molecule has 0 saturated heterocycles. The molecule has 0 fully saturated rings. The molecule has 12 heteroatoms. The first-order chi connectivity index (χ1) is 16.7. The Morgan fingerprint density at radius 3 is 2.25 bits per heavy atom. The van der Waals surface area contributed by atoms with Crippen molar-refractivity contribution in [1.29, 1.82) is 0 Å². The number of hydrogen-bond acceptors (Lipinski definition) is 6. The Bertz CT molecular complexity index is 1250. The fourth-order valence-corrected chi connectivity index (χ4v) is 2.75. The number of rotatable bonds is 6. The molecule has 1 amide bonds. The second kappa shape index (κ2) is 11.2. The molecule has 0 unspecified atom stereocenters. The molecule has 0 spiro atoms. The zero-order valence-electron chi connectivity index (χ0n) is 19.9. The SMILES string of the molecule is CCOC(=O)C(C=Nc1cc(NC(=O)OC(C)(C)C)c(F)cc1F)=C(O)c1cc(F)c(F)c(C)c1F. The average molecular weight is 514 g/mol. The molecule has 2 rings (SSSR count). The molecular formula is C24H23F5N2O5. The molecule has 0 aliphatic rings. The summed E-state index contributed by atoms with van der Waals surface area (Å²) >= 11 is 0. The van der Waals surface area contributed by atoms with Crippen LogP contribution in [0.25, 0.3) is 5.76 Å². The number of anilines is 1. The first-order valence-corrected chi connectivity index (χ1v) is 10.4. The summed E-state index contributed by atoms with van der Waals surface area (Å²) in [6.07, 6.45) is -0.478. The number of esters is 1. The molecule has 2 N–H and O–H groups in total. The number of aliphatic hydroxyl groups excluding tert-OH is 1. The lowest BCUT2D eigenvalue weighted by molar-refractivity contribution is -0.137. The van der Waals surface area contributed by atoms with Crippen LogP contribution in [0.4, 0.5) is 38.1 Å². The van der Waals surface area contributed by atoms with Crippen LogP contribution >= 0.6 is 0 Å². The van der Waals surface area contributed by atoms with Crippen LogP contribution < -0.4 is 5.32 Å². The highest BCUT2D eigenvalue weighted by atomic mass is 19.2. The molecule has 2 aromatic rings. The molecule has 0 aromatic heterocycles. The quantitative estimate of drug-likeness (QED) is 0.118. The second-order valence-electron chi connectivity index (χ2n) is 8.31. The van der Waals surface area contributed by atoms with Gasteiger partial charge in [-0.3, -0.25) is 10.3 Å². The maximum absolute atomic E-state index is 14.5. The molecule has 0 saturated carbocycles. The van der Waals surface area contributed by atoms with E-state index in [4.69, 9.17) is 9.47 Å². The van der Waals surface area contributed by atoms with Gasteiger partial charge < -0.3 is 14.6 Å². The number of nitrogens with one attached hydrogen (secondary N) is 1. The Morgan fingerprint density at radius 1 is 1.03 bits per heavy atom. The fourth-order valence-electron chi connectivity index (χ4n) is 2.75. The van der Waals surface area contributed by atoms with Crippen molar-refractivity contribution in [2.45, 2.75) is 40.2 Å². The van der Waals surface area contributed by atoms with Crippen molar-refractivity contribution in [3.8, 4) is 0 Å². The van der Waals surface area contributed by atoms with Crippen molar-refractivity contribution in [2.24, 2.45) is 4.99 Å². The number of amides is 1. The van der Waals surface area contributed by atoms with Crippen LogP contribution in [-0.4, -0.2) is 35.6 Å². The summed E-state index contributed by atoms with van der Waals surface area (Å²) in [4.78, 5) is 28.0. The van der Waals surface area contributed by atoms with E-state index < -0.39 is 80.6 Å². The number of hydrogen-bond donors (Lipinski definition) is 2. The van der Waals surface area contributed by atoms with E-state index in [2.05, 4.69) is 10.3 Å². The first kappa shape index (κ1) is 28.3. The van der Waals surface area contributed by atoms with Crippen LogP contribution in [0.1, 0.15) is 38.8 Å². The molecule has 7 nitrogen and oxygen atoms in total. The van der Waals surface area contributed by atoms with Gasteiger partial charge in [0.15, 0.2) is 17.5 Å². The summed E-state index contributed by atoms with van der Waals surface area (Å²) in [6, 6.07) is 1.49. The third kappa shape index (κ3) is 6.80. The summed E-state index contributed by atoms with van der Waals surface area (Å²) in [5, 5.41) is 12.6. The van der Waals surface area contributed by atoms with Crippen LogP contribution in [0, 0.1) is 36.0 Å². The summed E-state index contributed by atoms with van der Waals surface area (Å²) in [5.74, 6) is -9.18. The maximum atomic E-state index is 14.5. The number of aliphatic hydroxyl groups is 1. The molecule has 0 aliphatic carbocycles. The second-order valence-corrected chi connectivity index (χ2v) is 8.31. The zero-order chi connectivity index (χ0) is 27.4. The van der Waals surface area contributed by atoms with E-state index in [1.807, 2.05) is 0 Å². The van der Waals surface area contributed by atoms with Gasteiger partial charge in [-0.05, 0) is 46.8 Å². The summed E-state index contributed by atoms with van der Waals surface area (Å²) < 4.78 is 80.2. The highest BCUT2D eigenvalue weighted by molar-refractivity contribution is 6.15. The van der Waals surface area contributed by atoms with Crippen molar-refractivity contribution < 1.29 is 46.1 Å². The minimum atomic E-state index is -1.50. The normalized spacial score (nSPS) is 12.4. The van der Waals surface area contributed by atoms with Crippen molar-refractivity contribution in [1.82, 2.24) is 0 Å². The van der Waals surface area contributed by atoms with Gasteiger partial charge in [0.05, 0.1) is 17.9 Å². The number of carbonyl (C=O) groups is 2. The van der Waals surface area contributed by atoms with Gasteiger partial charge in [0, 0.05) is 17.8 Å². The average Bonchev–Trinajstić information content (AvgIpc) is 2.76. The number of aliphatic imine (C=N–C) groups is 1. The molecule has 36 heavy (non-hydrogen) atoms. The molecule has 0 heterocycles. The number of carbonyl (C=O) groups excluding carboxylic acids is 2. The third-order valence-corrected chi connectivity index (χ3v) is 4.39. The molecule has 194 valence electrons. The van der Waals surface area contributed by atoms with Gasteiger partial charge >= 0.3 is 12.1 Å². The minimum Gasteiger partial charge on any atom is -0.506 e. The van der Waals surface area contributed by atoms with Crippen LogP contribution in [-0.2, 0) is 14.3 Å². The van der Waals surface area contributed by atoms with Crippen molar-refractivity contribution in [3.63, 3.8) is 0 Å². The highest BCUT2D eigenvalue weighted by Gasteiger charge is 2.24. The van der Waals surface area contributed by atoms with Crippen LogP contribution in [0.2, 0.25) is 0 Å². The number of halogens is 5. The van der Waals surface area contributed by atoms with Crippen molar-refractivity contribution >= 4 is 35.4 Å². The van der Waals surface area contributed by atoms with E-state index in [9.17, 15) is 36.6 Å². The molecule has 0 bridgehead atoms. The van der Waals surface area contributed by atoms with Gasteiger partial charge in [-0.2, -0.15) is 0 Å². The van der Waals surface area contributed by atoms with Gasteiger partial charge in [0.2, 0.25) is 0 Å². The van der Waals surface area contributed by atoms with E-state index in [0.717, 1.165) is 13.0 Å². The molecule has 0 atom stereocenters. The largest absolute Gasteiger partial charge is 0.506 e. The predicted octanol–water partition coefficient (Wildman–Crippen LogP) is 6.27. The predicted molar refractivity (Wildman–Crippen MR) is 122 cm³/mol. The van der Waals surface area contributed by atoms with Gasteiger partial charge in [-0.25, -0.2) is 31.5 Å². The lowest BCUT2D eigenvalue weighted by Crippen LogP contribution is -2.27. The molecular weight excluding hydrogens is 491 g/mol. The van der Waals surface area contributed by atoms with E-state index >= 15 is 0 Å². The summed E-state index contributed by atoms with van der Waals surface area (Å²) in [6.45, 7) is 6.83.